The van der Waals surface area contributed by atoms with E-state index in [9.17, 15) is 13.2 Å². The first-order valence-corrected chi connectivity index (χ1v) is 13.4. The first kappa shape index (κ1) is 23.6. The number of sulfonamides is 1. The van der Waals surface area contributed by atoms with Gasteiger partial charge in [0, 0.05) is 49.5 Å². The Morgan fingerprint density at radius 2 is 1.75 bits per heavy atom. The largest absolute Gasteiger partial charge is 0.353 e. The molecule has 1 aromatic heterocycles. The van der Waals surface area contributed by atoms with Crippen LogP contribution in [0.1, 0.15) is 50.3 Å². The van der Waals surface area contributed by atoms with E-state index < -0.39 is 10.0 Å². The molecule has 0 N–H and O–H groups in total. The molecule has 0 radical (unpaired) electrons. The average Bonchev–Trinajstić information content (AvgIpc) is 3.06. The molecule has 2 aliphatic heterocycles. The number of hydrogen-bond donors (Lipinski definition) is 0. The molecule has 32 heavy (non-hydrogen) atoms. The maximum Gasteiger partial charge on any atom is 0.244 e. The number of carbonyl (C=O) groups is 1. The van der Waals surface area contributed by atoms with Crippen LogP contribution in [0.4, 0.5) is 0 Å². The number of piperidine rings is 1. The first-order valence-electron chi connectivity index (χ1n) is 11.2. The molecule has 0 aliphatic carbocycles. The number of nitrogens with zero attached hydrogens (tertiary/aromatic N) is 3. The molecule has 3 heterocycles. The number of hydrogen-bond acceptors (Lipinski definition) is 3. The Morgan fingerprint density at radius 1 is 1.00 bits per heavy atom. The summed E-state index contributed by atoms with van der Waals surface area (Å²) in [4.78, 5) is 15.6. The molecule has 2 saturated heterocycles. The Morgan fingerprint density at radius 3 is 2.44 bits per heavy atom. The van der Waals surface area contributed by atoms with E-state index in [4.69, 9.17) is 23.2 Å². The fourth-order valence-corrected chi connectivity index (χ4v) is 7.10. The van der Waals surface area contributed by atoms with Crippen molar-refractivity contribution in [2.45, 2.75) is 49.5 Å². The third-order valence-electron chi connectivity index (χ3n) is 6.68. The number of aryl methyl sites for hydroxylation is 1. The summed E-state index contributed by atoms with van der Waals surface area (Å²) in [5.74, 6) is -0.0203. The van der Waals surface area contributed by atoms with Crippen LogP contribution in [-0.2, 0) is 21.9 Å². The van der Waals surface area contributed by atoms with Crippen LogP contribution in [0.25, 0.3) is 0 Å². The van der Waals surface area contributed by atoms with Crippen molar-refractivity contribution in [1.82, 2.24) is 13.8 Å². The van der Waals surface area contributed by atoms with Crippen LogP contribution in [-0.4, -0.2) is 47.7 Å². The summed E-state index contributed by atoms with van der Waals surface area (Å²) in [6.45, 7) is 1.35. The van der Waals surface area contributed by atoms with Crippen LogP contribution in [0.15, 0.2) is 41.4 Å². The van der Waals surface area contributed by atoms with Gasteiger partial charge in [-0.25, -0.2) is 8.42 Å². The Bertz CT molecular complexity index is 1080. The zero-order valence-electron chi connectivity index (χ0n) is 18.2. The summed E-state index contributed by atoms with van der Waals surface area (Å²) in [5.41, 5.74) is 1.16. The molecule has 1 amide bonds. The molecular weight excluding hydrogens is 469 g/mol. The number of rotatable bonds is 4. The standard InChI is InChI=1S/C23H29Cl2N3O3S/c1-26-12-5-7-20(26)21-6-3-2-4-13-28(21)23(29)17-10-14-27(15-11-17)32(30,31)22-16-18(24)8-9-19(22)25/h5,7-9,12,16-17,21H,2-4,6,10-11,13-15H2,1H3. The van der Waals surface area contributed by atoms with E-state index in [1.807, 2.05) is 24.2 Å². The van der Waals surface area contributed by atoms with Gasteiger partial charge in [0.1, 0.15) is 4.90 Å². The lowest BCUT2D eigenvalue weighted by molar-refractivity contribution is -0.139. The molecule has 0 bridgehead atoms. The topological polar surface area (TPSA) is 62.6 Å². The number of likely N-dealkylation sites (tertiary alicyclic amines) is 1. The van der Waals surface area contributed by atoms with Gasteiger partial charge < -0.3 is 9.47 Å². The molecule has 1 unspecified atom stereocenters. The highest BCUT2D eigenvalue weighted by molar-refractivity contribution is 7.89. The van der Waals surface area contributed by atoms with Crippen molar-refractivity contribution in [1.29, 1.82) is 0 Å². The van der Waals surface area contributed by atoms with E-state index in [2.05, 4.69) is 10.6 Å². The van der Waals surface area contributed by atoms with E-state index in [1.54, 1.807) is 6.07 Å². The second-order valence-electron chi connectivity index (χ2n) is 8.69. The van der Waals surface area contributed by atoms with Crippen molar-refractivity contribution in [3.8, 4) is 0 Å². The highest BCUT2D eigenvalue weighted by Gasteiger charge is 2.37. The molecule has 0 spiro atoms. The van der Waals surface area contributed by atoms with E-state index in [-0.39, 0.29) is 27.8 Å². The second kappa shape index (κ2) is 9.75. The monoisotopic (exact) mass is 497 g/mol. The Labute approximate surface area is 200 Å². The van der Waals surface area contributed by atoms with Crippen LogP contribution in [0.2, 0.25) is 10.0 Å². The van der Waals surface area contributed by atoms with Gasteiger partial charge in [-0.3, -0.25) is 4.79 Å². The van der Waals surface area contributed by atoms with Gasteiger partial charge in [-0.2, -0.15) is 4.31 Å². The van der Waals surface area contributed by atoms with E-state index >= 15 is 0 Å². The SMILES string of the molecule is Cn1cccc1C1CCCCCN1C(=O)C1CCN(S(=O)(=O)c2cc(Cl)ccc2Cl)CC1. The van der Waals surface area contributed by atoms with Gasteiger partial charge in [-0.1, -0.05) is 36.0 Å². The van der Waals surface area contributed by atoms with Crippen molar-refractivity contribution < 1.29 is 13.2 Å². The lowest BCUT2D eigenvalue weighted by Gasteiger charge is -2.37. The third-order valence-corrected chi connectivity index (χ3v) is 9.29. The highest BCUT2D eigenvalue weighted by atomic mass is 35.5. The quantitative estimate of drug-likeness (QED) is 0.604. The Kier molecular flexibility index (Phi) is 7.20. The molecule has 4 rings (SSSR count). The summed E-state index contributed by atoms with van der Waals surface area (Å²) in [6.07, 6.45) is 7.24. The van der Waals surface area contributed by atoms with E-state index in [1.165, 1.54) is 16.4 Å². The molecule has 2 aliphatic rings. The summed E-state index contributed by atoms with van der Waals surface area (Å²) in [7, 11) is -1.74. The number of aromatic nitrogens is 1. The highest BCUT2D eigenvalue weighted by Crippen LogP contribution is 2.35. The van der Waals surface area contributed by atoms with Crippen LogP contribution >= 0.6 is 23.2 Å². The van der Waals surface area contributed by atoms with Gasteiger partial charge in [-0.15, -0.1) is 0 Å². The second-order valence-corrected chi connectivity index (χ2v) is 11.4. The maximum atomic E-state index is 13.6. The smallest absolute Gasteiger partial charge is 0.244 e. The number of halogens is 2. The lowest BCUT2D eigenvalue weighted by atomic mass is 9.95. The fraction of sp³-hybridized carbons (Fsp3) is 0.522. The molecule has 1 atom stereocenters. The lowest BCUT2D eigenvalue weighted by Crippen LogP contribution is -2.45. The molecule has 174 valence electrons. The first-order chi connectivity index (χ1) is 15.3. The summed E-state index contributed by atoms with van der Waals surface area (Å²) < 4.78 is 29.7. The molecule has 1 aromatic carbocycles. The maximum absolute atomic E-state index is 13.6. The van der Waals surface area contributed by atoms with Gasteiger partial charge >= 0.3 is 0 Å². The van der Waals surface area contributed by atoms with Gasteiger partial charge in [0.25, 0.3) is 0 Å². The fourth-order valence-electron chi connectivity index (χ4n) is 4.89. The minimum atomic E-state index is -3.76. The molecule has 2 aromatic rings. The Balaban J connectivity index is 1.48. The zero-order valence-corrected chi connectivity index (χ0v) is 20.5. The van der Waals surface area contributed by atoms with Crippen molar-refractivity contribution >= 4 is 39.1 Å². The van der Waals surface area contributed by atoms with Crippen molar-refractivity contribution in [2.24, 2.45) is 13.0 Å². The normalized spacial score (nSPS) is 21.5. The van der Waals surface area contributed by atoms with Gasteiger partial charge in [0.05, 0.1) is 11.1 Å². The number of carbonyl (C=O) groups excluding carboxylic acids is 1. The summed E-state index contributed by atoms with van der Waals surface area (Å²) in [6, 6.07) is 8.65. The van der Waals surface area contributed by atoms with Crippen LogP contribution < -0.4 is 0 Å². The van der Waals surface area contributed by atoms with Crippen molar-refractivity contribution in [2.75, 3.05) is 19.6 Å². The molecular formula is C23H29Cl2N3O3S. The zero-order chi connectivity index (χ0) is 22.9. The summed E-state index contributed by atoms with van der Waals surface area (Å²) in [5, 5.41) is 0.480. The van der Waals surface area contributed by atoms with Gasteiger partial charge in [0.15, 0.2) is 0 Å². The van der Waals surface area contributed by atoms with Gasteiger partial charge in [-0.05, 0) is 56.0 Å². The van der Waals surface area contributed by atoms with E-state index in [0.717, 1.165) is 37.9 Å². The molecule has 9 heteroatoms. The summed E-state index contributed by atoms with van der Waals surface area (Å²) >= 11 is 12.1. The molecule has 2 fully saturated rings. The minimum absolute atomic E-state index is 0.0210. The van der Waals surface area contributed by atoms with Crippen LogP contribution in [0.5, 0.6) is 0 Å². The average molecular weight is 498 g/mol. The van der Waals surface area contributed by atoms with E-state index in [0.29, 0.717) is 31.0 Å². The minimum Gasteiger partial charge on any atom is -0.353 e. The van der Waals surface area contributed by atoms with Crippen molar-refractivity contribution in [3.05, 3.63) is 52.3 Å². The van der Waals surface area contributed by atoms with Crippen LogP contribution in [0, 0.1) is 5.92 Å². The van der Waals surface area contributed by atoms with Gasteiger partial charge in [0.2, 0.25) is 15.9 Å². The Hall–Kier alpha value is -1.54. The van der Waals surface area contributed by atoms with Crippen LogP contribution in [0.3, 0.4) is 0 Å². The predicted octanol–water partition coefficient (Wildman–Crippen LogP) is 4.88. The molecule has 0 saturated carbocycles. The third kappa shape index (κ3) is 4.72. The number of amides is 1. The number of benzene rings is 1. The predicted molar refractivity (Wildman–Crippen MR) is 126 cm³/mol. The van der Waals surface area contributed by atoms with Crippen molar-refractivity contribution in [3.63, 3.8) is 0 Å². The molecule has 6 nitrogen and oxygen atoms in total.